The molecular weight excluding hydrogens is 188 g/mol. The Labute approximate surface area is 93.4 Å². The molecule has 0 unspecified atom stereocenters. The second-order valence-corrected chi connectivity index (χ2v) is 4.99. The number of hydrogen-bond acceptors (Lipinski definition) is 3. The summed E-state index contributed by atoms with van der Waals surface area (Å²) in [7, 11) is 2.22. The molecule has 2 aliphatic rings. The van der Waals surface area contributed by atoms with Gasteiger partial charge < -0.3 is 14.5 Å². The summed E-state index contributed by atoms with van der Waals surface area (Å²) in [4.78, 5) is 5.04. The summed E-state index contributed by atoms with van der Waals surface area (Å²) in [6.45, 7) is 8.31. The van der Waals surface area contributed by atoms with Gasteiger partial charge in [0.1, 0.15) is 0 Å². The number of hydrogen-bond donors (Lipinski definition) is 0. The molecule has 2 aliphatic heterocycles. The first kappa shape index (κ1) is 11.4. The molecule has 15 heavy (non-hydrogen) atoms. The Morgan fingerprint density at radius 1 is 1.07 bits per heavy atom. The Balaban J connectivity index is 1.60. The molecule has 0 amide bonds. The van der Waals surface area contributed by atoms with E-state index in [0.717, 1.165) is 19.1 Å². The van der Waals surface area contributed by atoms with Crippen molar-refractivity contribution < 1.29 is 4.74 Å². The smallest absolute Gasteiger partial charge is 0.0468 e. The molecule has 2 heterocycles. The number of piperazine rings is 1. The largest absolute Gasteiger partial charge is 0.381 e. The SMILES string of the molecule is CN1CCN(CCC2CCOCC2)CC1. The van der Waals surface area contributed by atoms with E-state index in [-0.39, 0.29) is 0 Å². The molecule has 0 aliphatic carbocycles. The first-order valence-corrected chi connectivity index (χ1v) is 6.33. The van der Waals surface area contributed by atoms with Gasteiger partial charge in [-0.25, -0.2) is 0 Å². The highest BCUT2D eigenvalue weighted by Gasteiger charge is 2.17. The molecule has 2 rings (SSSR count). The molecule has 0 aromatic heterocycles. The van der Waals surface area contributed by atoms with Gasteiger partial charge in [0.25, 0.3) is 0 Å². The van der Waals surface area contributed by atoms with E-state index in [1.54, 1.807) is 0 Å². The molecule has 0 aromatic carbocycles. The van der Waals surface area contributed by atoms with E-state index < -0.39 is 0 Å². The molecule has 3 heteroatoms. The van der Waals surface area contributed by atoms with Crippen LogP contribution in [0.2, 0.25) is 0 Å². The van der Waals surface area contributed by atoms with E-state index in [2.05, 4.69) is 16.8 Å². The van der Waals surface area contributed by atoms with Crippen molar-refractivity contribution in [1.29, 1.82) is 0 Å². The highest BCUT2D eigenvalue weighted by atomic mass is 16.5. The van der Waals surface area contributed by atoms with Crippen molar-refractivity contribution in [1.82, 2.24) is 9.80 Å². The van der Waals surface area contributed by atoms with Crippen molar-refractivity contribution in [3.8, 4) is 0 Å². The molecule has 0 N–H and O–H groups in total. The quantitative estimate of drug-likeness (QED) is 0.695. The number of likely N-dealkylation sites (N-methyl/N-ethyl adjacent to an activating group) is 1. The summed E-state index contributed by atoms with van der Waals surface area (Å²) >= 11 is 0. The monoisotopic (exact) mass is 212 g/mol. The van der Waals surface area contributed by atoms with Crippen molar-refractivity contribution in [3.63, 3.8) is 0 Å². The fraction of sp³-hybridized carbons (Fsp3) is 1.00. The third kappa shape index (κ3) is 3.74. The highest BCUT2D eigenvalue weighted by Crippen LogP contribution is 2.18. The van der Waals surface area contributed by atoms with Gasteiger partial charge in [0.15, 0.2) is 0 Å². The van der Waals surface area contributed by atoms with Crippen LogP contribution in [0.5, 0.6) is 0 Å². The fourth-order valence-corrected chi connectivity index (χ4v) is 2.47. The number of rotatable bonds is 3. The van der Waals surface area contributed by atoms with E-state index >= 15 is 0 Å². The van der Waals surface area contributed by atoms with Crippen molar-refractivity contribution in [2.45, 2.75) is 19.3 Å². The van der Waals surface area contributed by atoms with Crippen LogP contribution in [0.15, 0.2) is 0 Å². The van der Waals surface area contributed by atoms with Gasteiger partial charge >= 0.3 is 0 Å². The second kappa shape index (κ2) is 5.83. The molecule has 0 aromatic rings. The van der Waals surface area contributed by atoms with E-state index in [1.807, 2.05) is 0 Å². The Kier molecular flexibility index (Phi) is 4.42. The van der Waals surface area contributed by atoms with Crippen LogP contribution >= 0.6 is 0 Å². The zero-order valence-corrected chi connectivity index (χ0v) is 9.95. The van der Waals surface area contributed by atoms with Crippen molar-refractivity contribution in [2.75, 3.05) is 53.0 Å². The summed E-state index contributed by atoms with van der Waals surface area (Å²) < 4.78 is 5.39. The highest BCUT2D eigenvalue weighted by molar-refractivity contribution is 4.71. The van der Waals surface area contributed by atoms with Gasteiger partial charge in [0, 0.05) is 39.4 Å². The lowest BCUT2D eigenvalue weighted by Crippen LogP contribution is -2.45. The first-order chi connectivity index (χ1) is 7.34. The fourth-order valence-electron chi connectivity index (χ4n) is 2.47. The van der Waals surface area contributed by atoms with Gasteiger partial charge in [0.05, 0.1) is 0 Å². The van der Waals surface area contributed by atoms with Crippen LogP contribution in [0.1, 0.15) is 19.3 Å². The van der Waals surface area contributed by atoms with E-state index in [0.29, 0.717) is 0 Å². The number of ether oxygens (including phenoxy) is 1. The van der Waals surface area contributed by atoms with Crippen LogP contribution in [-0.2, 0) is 4.74 Å². The van der Waals surface area contributed by atoms with Gasteiger partial charge in [-0.2, -0.15) is 0 Å². The van der Waals surface area contributed by atoms with Crippen molar-refractivity contribution in [3.05, 3.63) is 0 Å². The molecule has 88 valence electrons. The molecule has 3 nitrogen and oxygen atoms in total. The minimum atomic E-state index is 0.929. The molecule has 2 fully saturated rings. The van der Waals surface area contributed by atoms with Gasteiger partial charge in [-0.05, 0) is 38.8 Å². The molecule has 0 saturated carbocycles. The Hall–Kier alpha value is -0.120. The van der Waals surface area contributed by atoms with Gasteiger partial charge in [-0.1, -0.05) is 0 Å². The Morgan fingerprint density at radius 3 is 2.40 bits per heavy atom. The number of nitrogens with zero attached hydrogens (tertiary/aromatic N) is 2. The summed E-state index contributed by atoms with van der Waals surface area (Å²) in [6.07, 6.45) is 3.95. The topological polar surface area (TPSA) is 15.7 Å². The molecule has 0 spiro atoms. The zero-order valence-electron chi connectivity index (χ0n) is 9.95. The summed E-state index contributed by atoms with van der Waals surface area (Å²) in [5.41, 5.74) is 0. The van der Waals surface area contributed by atoms with Crippen LogP contribution in [-0.4, -0.2) is 62.8 Å². The normalized spacial score (nSPS) is 27.0. The maximum absolute atomic E-state index is 5.39. The Bertz CT molecular complexity index is 172. The summed E-state index contributed by atoms with van der Waals surface area (Å²) in [5, 5.41) is 0. The third-order valence-corrected chi connectivity index (χ3v) is 3.79. The van der Waals surface area contributed by atoms with Crippen molar-refractivity contribution >= 4 is 0 Å². The van der Waals surface area contributed by atoms with Crippen molar-refractivity contribution in [2.24, 2.45) is 5.92 Å². The summed E-state index contributed by atoms with van der Waals surface area (Å²) in [5.74, 6) is 0.929. The van der Waals surface area contributed by atoms with Crippen LogP contribution in [0.25, 0.3) is 0 Å². The predicted molar refractivity (Wildman–Crippen MR) is 62.1 cm³/mol. The van der Waals surface area contributed by atoms with Crippen LogP contribution in [0.4, 0.5) is 0 Å². The van der Waals surface area contributed by atoms with E-state index in [4.69, 9.17) is 4.74 Å². The van der Waals surface area contributed by atoms with Gasteiger partial charge in [-0.3, -0.25) is 0 Å². The van der Waals surface area contributed by atoms with E-state index in [1.165, 1.54) is 52.0 Å². The third-order valence-electron chi connectivity index (χ3n) is 3.79. The maximum Gasteiger partial charge on any atom is 0.0468 e. The average Bonchev–Trinajstić information content (AvgIpc) is 2.30. The van der Waals surface area contributed by atoms with Crippen LogP contribution in [0, 0.1) is 5.92 Å². The lowest BCUT2D eigenvalue weighted by Gasteiger charge is -2.33. The summed E-state index contributed by atoms with van der Waals surface area (Å²) in [6, 6.07) is 0. The lowest BCUT2D eigenvalue weighted by molar-refractivity contribution is 0.0573. The average molecular weight is 212 g/mol. The zero-order chi connectivity index (χ0) is 10.5. The molecule has 0 atom stereocenters. The lowest BCUT2D eigenvalue weighted by atomic mass is 9.96. The Morgan fingerprint density at radius 2 is 1.73 bits per heavy atom. The first-order valence-electron chi connectivity index (χ1n) is 6.33. The molecule has 2 saturated heterocycles. The van der Waals surface area contributed by atoms with Gasteiger partial charge in [0.2, 0.25) is 0 Å². The minimum absolute atomic E-state index is 0.929. The molecular formula is C12H24N2O. The maximum atomic E-state index is 5.39. The molecule has 0 radical (unpaired) electrons. The molecule has 0 bridgehead atoms. The standard InChI is InChI=1S/C12H24N2O/c1-13-6-8-14(9-7-13)5-2-12-3-10-15-11-4-12/h12H,2-11H2,1H3. The van der Waals surface area contributed by atoms with Crippen LogP contribution < -0.4 is 0 Å². The van der Waals surface area contributed by atoms with Gasteiger partial charge in [-0.15, -0.1) is 0 Å². The minimum Gasteiger partial charge on any atom is -0.381 e. The van der Waals surface area contributed by atoms with E-state index in [9.17, 15) is 0 Å². The van der Waals surface area contributed by atoms with Crippen LogP contribution in [0.3, 0.4) is 0 Å². The second-order valence-electron chi connectivity index (χ2n) is 4.99. The predicted octanol–water partition coefficient (Wildman–Crippen LogP) is 1.05.